The molecule has 1 aliphatic heterocycles. The lowest BCUT2D eigenvalue weighted by molar-refractivity contribution is 0.0742. The zero-order valence-corrected chi connectivity index (χ0v) is 15.1. The summed E-state index contributed by atoms with van der Waals surface area (Å²) in [5, 5.41) is 0. The normalized spacial score (nSPS) is 14.9. The molecule has 3 rings (SSSR count). The van der Waals surface area contributed by atoms with Crippen molar-refractivity contribution in [3.05, 3.63) is 65.0 Å². The van der Waals surface area contributed by atoms with Crippen LogP contribution in [0.4, 0.5) is 10.1 Å². The number of hydrogen-bond donors (Lipinski definition) is 0. The second kappa shape index (κ2) is 7.26. The number of para-hydroxylation sites is 1. The van der Waals surface area contributed by atoms with E-state index in [1.165, 1.54) is 22.9 Å². The van der Waals surface area contributed by atoms with Crippen molar-refractivity contribution in [2.45, 2.75) is 26.7 Å². The molecular formula is C21H25FN2O. The lowest BCUT2D eigenvalue weighted by Gasteiger charge is -2.38. The van der Waals surface area contributed by atoms with E-state index in [0.29, 0.717) is 19.0 Å². The van der Waals surface area contributed by atoms with Gasteiger partial charge in [0.05, 0.1) is 5.56 Å². The molecule has 132 valence electrons. The molecule has 0 unspecified atom stereocenters. The molecule has 3 nitrogen and oxygen atoms in total. The van der Waals surface area contributed by atoms with Gasteiger partial charge >= 0.3 is 0 Å². The van der Waals surface area contributed by atoms with Crippen molar-refractivity contribution in [3.63, 3.8) is 0 Å². The van der Waals surface area contributed by atoms with E-state index in [2.05, 4.69) is 43.9 Å². The highest BCUT2D eigenvalue weighted by atomic mass is 19.1. The van der Waals surface area contributed by atoms with E-state index >= 15 is 0 Å². The Morgan fingerprint density at radius 3 is 2.32 bits per heavy atom. The molecule has 25 heavy (non-hydrogen) atoms. The molecule has 0 bridgehead atoms. The molecule has 1 amide bonds. The van der Waals surface area contributed by atoms with E-state index in [9.17, 15) is 9.18 Å². The highest BCUT2D eigenvalue weighted by molar-refractivity contribution is 5.94. The summed E-state index contributed by atoms with van der Waals surface area (Å²) in [6.07, 6.45) is 0. The van der Waals surface area contributed by atoms with Crippen molar-refractivity contribution in [1.29, 1.82) is 0 Å². The molecule has 2 aromatic carbocycles. The van der Waals surface area contributed by atoms with Crippen LogP contribution in [0, 0.1) is 12.7 Å². The topological polar surface area (TPSA) is 23.6 Å². The molecule has 1 heterocycles. The minimum absolute atomic E-state index is 0.162. The van der Waals surface area contributed by atoms with Crippen molar-refractivity contribution < 1.29 is 9.18 Å². The summed E-state index contributed by atoms with van der Waals surface area (Å²) >= 11 is 0. The van der Waals surface area contributed by atoms with Crippen LogP contribution in [0.5, 0.6) is 0 Å². The summed E-state index contributed by atoms with van der Waals surface area (Å²) in [6.45, 7) is 9.30. The van der Waals surface area contributed by atoms with Gasteiger partial charge in [-0.3, -0.25) is 4.79 Å². The number of halogens is 1. The molecule has 1 aliphatic rings. The van der Waals surface area contributed by atoms with Gasteiger partial charge in [-0.25, -0.2) is 4.39 Å². The first-order valence-electron chi connectivity index (χ1n) is 8.87. The van der Waals surface area contributed by atoms with Crippen molar-refractivity contribution >= 4 is 11.6 Å². The fourth-order valence-corrected chi connectivity index (χ4v) is 3.52. The summed E-state index contributed by atoms with van der Waals surface area (Å²) in [6, 6.07) is 12.6. The fraction of sp³-hybridized carbons (Fsp3) is 0.381. The maximum atomic E-state index is 13.9. The first-order valence-corrected chi connectivity index (χ1v) is 8.87. The summed E-state index contributed by atoms with van der Waals surface area (Å²) in [5.74, 6) is -0.212. The van der Waals surface area contributed by atoms with Crippen LogP contribution in [0.25, 0.3) is 0 Å². The Balaban J connectivity index is 1.75. The smallest absolute Gasteiger partial charge is 0.256 e. The van der Waals surface area contributed by atoms with Crippen LogP contribution in [0.3, 0.4) is 0 Å². The minimum atomic E-state index is -0.448. The van der Waals surface area contributed by atoms with Gasteiger partial charge in [0.25, 0.3) is 5.91 Å². The maximum absolute atomic E-state index is 13.9. The Morgan fingerprint density at radius 1 is 1.00 bits per heavy atom. The second-order valence-electron chi connectivity index (χ2n) is 6.93. The number of anilines is 1. The van der Waals surface area contributed by atoms with Gasteiger partial charge < -0.3 is 9.80 Å². The van der Waals surface area contributed by atoms with Crippen molar-refractivity contribution in [1.82, 2.24) is 4.90 Å². The summed E-state index contributed by atoms with van der Waals surface area (Å²) < 4.78 is 13.9. The molecule has 0 aromatic heterocycles. The molecule has 0 atom stereocenters. The van der Waals surface area contributed by atoms with Crippen molar-refractivity contribution in [3.8, 4) is 0 Å². The van der Waals surface area contributed by atoms with Crippen LogP contribution in [-0.4, -0.2) is 37.0 Å². The molecule has 0 saturated carbocycles. The van der Waals surface area contributed by atoms with E-state index in [0.717, 1.165) is 13.1 Å². The Hall–Kier alpha value is -2.36. The van der Waals surface area contributed by atoms with Gasteiger partial charge in [-0.05, 0) is 36.1 Å². The van der Waals surface area contributed by atoms with E-state index in [-0.39, 0.29) is 11.5 Å². The van der Waals surface area contributed by atoms with Crippen molar-refractivity contribution in [2.24, 2.45) is 0 Å². The zero-order valence-electron chi connectivity index (χ0n) is 15.1. The molecular weight excluding hydrogens is 315 g/mol. The number of rotatable bonds is 3. The molecule has 0 spiro atoms. The number of carbonyl (C=O) groups excluding carboxylic acids is 1. The molecule has 0 radical (unpaired) electrons. The average Bonchev–Trinajstić information content (AvgIpc) is 2.61. The number of nitrogens with zero attached hydrogens (tertiary/aromatic N) is 2. The van der Waals surface area contributed by atoms with Gasteiger partial charge in [0, 0.05) is 31.9 Å². The van der Waals surface area contributed by atoms with Gasteiger partial charge in [-0.15, -0.1) is 0 Å². The highest BCUT2D eigenvalue weighted by Gasteiger charge is 2.25. The SMILES string of the molecule is Cc1cccc(C(C)C)c1N1CCN(C(=O)c2ccccc2F)CC1. The zero-order chi connectivity index (χ0) is 18.0. The van der Waals surface area contributed by atoms with Crippen LogP contribution < -0.4 is 4.90 Å². The number of hydrogen-bond acceptors (Lipinski definition) is 2. The van der Waals surface area contributed by atoms with Crippen LogP contribution >= 0.6 is 0 Å². The lowest BCUT2D eigenvalue weighted by atomic mass is 9.97. The Kier molecular flexibility index (Phi) is 5.07. The molecule has 1 fully saturated rings. The maximum Gasteiger partial charge on any atom is 0.256 e. The monoisotopic (exact) mass is 340 g/mol. The van der Waals surface area contributed by atoms with Gasteiger partial charge in [0.1, 0.15) is 5.82 Å². The van der Waals surface area contributed by atoms with Gasteiger partial charge in [-0.2, -0.15) is 0 Å². The predicted octanol–water partition coefficient (Wildman–Crippen LogP) is 4.22. The summed E-state index contributed by atoms with van der Waals surface area (Å²) in [7, 11) is 0. The van der Waals surface area contributed by atoms with Crippen LogP contribution in [-0.2, 0) is 0 Å². The predicted molar refractivity (Wildman–Crippen MR) is 99.8 cm³/mol. The fourth-order valence-electron chi connectivity index (χ4n) is 3.52. The largest absolute Gasteiger partial charge is 0.368 e. The first kappa shape index (κ1) is 17.5. The Bertz CT molecular complexity index is 764. The number of amides is 1. The number of benzene rings is 2. The molecule has 0 N–H and O–H groups in total. The minimum Gasteiger partial charge on any atom is -0.368 e. The van der Waals surface area contributed by atoms with Crippen LogP contribution in [0.1, 0.15) is 41.3 Å². The third-order valence-electron chi connectivity index (χ3n) is 4.88. The molecule has 0 aliphatic carbocycles. The average molecular weight is 340 g/mol. The Morgan fingerprint density at radius 2 is 1.68 bits per heavy atom. The van der Waals surface area contributed by atoms with E-state index < -0.39 is 5.82 Å². The molecule has 2 aromatic rings. The second-order valence-corrected chi connectivity index (χ2v) is 6.93. The van der Waals surface area contributed by atoms with Gasteiger partial charge in [-0.1, -0.05) is 44.2 Å². The lowest BCUT2D eigenvalue weighted by Crippen LogP contribution is -2.49. The van der Waals surface area contributed by atoms with Gasteiger partial charge in [0.15, 0.2) is 0 Å². The third-order valence-corrected chi connectivity index (χ3v) is 4.88. The standard InChI is InChI=1S/C21H25FN2O/c1-15(2)17-9-6-7-16(3)20(17)23-11-13-24(14-12-23)21(25)18-8-4-5-10-19(18)22/h4-10,15H,11-14H2,1-3H3. The van der Waals surface area contributed by atoms with E-state index in [1.807, 2.05) is 0 Å². The van der Waals surface area contributed by atoms with Gasteiger partial charge in [0.2, 0.25) is 0 Å². The van der Waals surface area contributed by atoms with Crippen LogP contribution in [0.15, 0.2) is 42.5 Å². The number of aryl methyl sites for hydroxylation is 1. The first-order chi connectivity index (χ1) is 12.0. The third kappa shape index (κ3) is 3.53. The van der Waals surface area contributed by atoms with Crippen molar-refractivity contribution in [2.75, 3.05) is 31.1 Å². The highest BCUT2D eigenvalue weighted by Crippen LogP contribution is 2.31. The summed E-state index contributed by atoms with van der Waals surface area (Å²) in [4.78, 5) is 16.7. The van der Waals surface area contributed by atoms with Crippen LogP contribution in [0.2, 0.25) is 0 Å². The quantitative estimate of drug-likeness (QED) is 0.835. The molecule has 1 saturated heterocycles. The molecule has 4 heteroatoms. The number of piperazine rings is 1. The summed E-state index contributed by atoms with van der Waals surface area (Å²) in [5.41, 5.74) is 4.05. The Labute approximate surface area is 149 Å². The van der Waals surface area contributed by atoms with E-state index in [4.69, 9.17) is 0 Å². The number of carbonyl (C=O) groups is 1. The van der Waals surface area contributed by atoms with E-state index in [1.54, 1.807) is 23.1 Å².